The molecule has 18 heavy (non-hydrogen) atoms. The van der Waals surface area contributed by atoms with E-state index >= 15 is 0 Å². The zero-order valence-corrected chi connectivity index (χ0v) is 9.91. The van der Waals surface area contributed by atoms with Crippen molar-refractivity contribution < 1.29 is 38.9 Å². The zero-order chi connectivity index (χ0) is 14.3. The molecule has 2 atom stereocenters. The Morgan fingerprint density at radius 3 is 1.33 bits per heavy atom. The van der Waals surface area contributed by atoms with E-state index < -0.39 is 48.9 Å². The molecule has 0 radical (unpaired) electrons. The molecule has 0 aromatic heterocycles. The summed E-state index contributed by atoms with van der Waals surface area (Å²) in [5.41, 5.74) is 0. The van der Waals surface area contributed by atoms with Crippen molar-refractivity contribution in [2.45, 2.75) is 38.9 Å². The Kier molecular flexibility index (Phi) is 6.76. The topological polar surface area (TPSA) is 127 Å². The molecule has 0 aromatic rings. The predicted molar refractivity (Wildman–Crippen MR) is 54.8 cm³/mol. The number of aliphatic hydroxyl groups excluding tert-OH is 2. The zero-order valence-electron chi connectivity index (χ0n) is 9.91. The fraction of sp³-hybridized carbons (Fsp3) is 0.600. The van der Waals surface area contributed by atoms with E-state index in [0.29, 0.717) is 0 Å². The summed E-state index contributed by atoms with van der Waals surface area (Å²) >= 11 is 0. The second-order valence-electron chi connectivity index (χ2n) is 3.44. The van der Waals surface area contributed by atoms with Crippen molar-refractivity contribution in [1.29, 1.82) is 0 Å². The second kappa shape index (κ2) is 7.51. The number of carbonyl (C=O) groups excluding carboxylic acids is 4. The minimum absolute atomic E-state index is 0.482. The van der Waals surface area contributed by atoms with E-state index in [4.69, 9.17) is 10.2 Å². The van der Waals surface area contributed by atoms with Crippen LogP contribution in [-0.2, 0) is 28.7 Å². The van der Waals surface area contributed by atoms with E-state index in [2.05, 4.69) is 9.47 Å². The van der Waals surface area contributed by atoms with Gasteiger partial charge in [-0.3, -0.25) is 9.59 Å². The molecule has 8 heteroatoms. The Labute approximate surface area is 102 Å². The number of hydrogen-bond acceptors (Lipinski definition) is 8. The van der Waals surface area contributed by atoms with Gasteiger partial charge in [-0.1, -0.05) is 0 Å². The number of carbonyl (C=O) groups is 4. The predicted octanol–water partition coefficient (Wildman–Crippen LogP) is -1.33. The van der Waals surface area contributed by atoms with Gasteiger partial charge < -0.3 is 19.7 Å². The number of hydrogen-bond donors (Lipinski definition) is 2. The molecule has 0 spiro atoms. The Morgan fingerprint density at radius 2 is 1.11 bits per heavy atom. The summed E-state index contributed by atoms with van der Waals surface area (Å²) in [5.74, 6) is -4.31. The molecule has 0 aliphatic heterocycles. The minimum Gasteiger partial charge on any atom is -0.391 e. The maximum atomic E-state index is 11.0. The van der Waals surface area contributed by atoms with Gasteiger partial charge in [0.2, 0.25) is 0 Å². The SMILES string of the molecule is CC(O)C(=O)OC(=O)CCC(=O)OC(=O)C(C)O. The fourth-order valence-corrected chi connectivity index (χ4v) is 0.701. The molecular weight excluding hydrogens is 248 g/mol. The van der Waals surface area contributed by atoms with E-state index in [1.54, 1.807) is 0 Å². The van der Waals surface area contributed by atoms with Crippen LogP contribution in [0.15, 0.2) is 0 Å². The smallest absolute Gasteiger partial charge is 0.342 e. The lowest BCUT2D eigenvalue weighted by atomic mass is 10.3. The highest BCUT2D eigenvalue weighted by molar-refractivity contribution is 5.91. The van der Waals surface area contributed by atoms with Crippen LogP contribution >= 0.6 is 0 Å². The lowest BCUT2D eigenvalue weighted by Crippen LogP contribution is -2.25. The first-order chi connectivity index (χ1) is 8.23. The van der Waals surface area contributed by atoms with Crippen molar-refractivity contribution in [3.63, 3.8) is 0 Å². The van der Waals surface area contributed by atoms with E-state index in [9.17, 15) is 19.2 Å². The molecule has 0 fully saturated rings. The Morgan fingerprint density at radius 1 is 0.833 bits per heavy atom. The second-order valence-corrected chi connectivity index (χ2v) is 3.44. The van der Waals surface area contributed by atoms with Crippen molar-refractivity contribution in [2.24, 2.45) is 0 Å². The molecule has 0 heterocycles. The van der Waals surface area contributed by atoms with Crippen LogP contribution in [0.1, 0.15) is 26.7 Å². The number of rotatable bonds is 5. The van der Waals surface area contributed by atoms with Gasteiger partial charge in [-0.05, 0) is 13.8 Å². The van der Waals surface area contributed by atoms with Gasteiger partial charge in [-0.15, -0.1) is 0 Å². The lowest BCUT2D eigenvalue weighted by molar-refractivity contribution is -0.170. The Balaban J connectivity index is 3.96. The Bertz CT molecular complexity index is 310. The summed E-state index contributed by atoms with van der Waals surface area (Å²) in [6, 6.07) is 0. The highest BCUT2D eigenvalue weighted by Gasteiger charge is 2.19. The maximum Gasteiger partial charge on any atom is 0.342 e. The van der Waals surface area contributed by atoms with E-state index in [1.165, 1.54) is 0 Å². The molecule has 0 saturated heterocycles. The average molecular weight is 262 g/mol. The van der Waals surface area contributed by atoms with Crippen LogP contribution in [0.25, 0.3) is 0 Å². The molecule has 0 amide bonds. The van der Waals surface area contributed by atoms with Gasteiger partial charge in [0.1, 0.15) is 12.2 Å². The van der Waals surface area contributed by atoms with Crippen LogP contribution in [0.2, 0.25) is 0 Å². The average Bonchev–Trinajstić information content (AvgIpc) is 2.25. The molecule has 0 aromatic carbocycles. The monoisotopic (exact) mass is 262 g/mol. The van der Waals surface area contributed by atoms with Crippen molar-refractivity contribution >= 4 is 23.9 Å². The number of esters is 4. The minimum atomic E-state index is -1.45. The quantitative estimate of drug-likeness (QED) is 0.460. The largest absolute Gasteiger partial charge is 0.391 e. The van der Waals surface area contributed by atoms with Gasteiger partial charge in [0.25, 0.3) is 0 Å². The van der Waals surface area contributed by atoms with Crippen LogP contribution in [0.4, 0.5) is 0 Å². The summed E-state index contributed by atoms with van der Waals surface area (Å²) in [6.45, 7) is 2.23. The van der Waals surface area contributed by atoms with E-state index in [-0.39, 0.29) is 0 Å². The Hall–Kier alpha value is -1.80. The summed E-state index contributed by atoms with van der Waals surface area (Å²) < 4.78 is 8.29. The molecular formula is C10H14O8. The highest BCUT2D eigenvalue weighted by atomic mass is 16.6. The molecule has 0 aliphatic rings. The molecule has 0 bridgehead atoms. The lowest BCUT2D eigenvalue weighted by Gasteiger charge is -2.05. The van der Waals surface area contributed by atoms with Gasteiger partial charge >= 0.3 is 23.9 Å². The molecule has 0 aliphatic carbocycles. The third-order valence-corrected chi connectivity index (χ3v) is 1.64. The van der Waals surface area contributed by atoms with Gasteiger partial charge in [-0.2, -0.15) is 0 Å². The van der Waals surface area contributed by atoms with Gasteiger partial charge in [0.05, 0.1) is 12.8 Å². The van der Waals surface area contributed by atoms with Gasteiger partial charge in [0, 0.05) is 0 Å². The van der Waals surface area contributed by atoms with Crippen molar-refractivity contribution in [2.75, 3.05) is 0 Å². The molecule has 8 nitrogen and oxygen atoms in total. The van der Waals surface area contributed by atoms with Crippen molar-refractivity contribution in [3.05, 3.63) is 0 Å². The summed E-state index contributed by atoms with van der Waals surface area (Å²) in [4.78, 5) is 43.5. The molecule has 0 saturated carbocycles. The first kappa shape index (κ1) is 16.2. The van der Waals surface area contributed by atoms with Crippen LogP contribution < -0.4 is 0 Å². The third-order valence-electron chi connectivity index (χ3n) is 1.64. The van der Waals surface area contributed by atoms with Gasteiger partial charge in [-0.25, -0.2) is 9.59 Å². The van der Waals surface area contributed by atoms with Crippen molar-refractivity contribution in [1.82, 2.24) is 0 Å². The van der Waals surface area contributed by atoms with Crippen LogP contribution in [0.5, 0.6) is 0 Å². The first-order valence-electron chi connectivity index (χ1n) is 5.09. The maximum absolute atomic E-state index is 11.0. The van der Waals surface area contributed by atoms with Crippen LogP contribution in [-0.4, -0.2) is 46.3 Å². The number of ether oxygens (including phenoxy) is 2. The fourth-order valence-electron chi connectivity index (χ4n) is 0.701. The van der Waals surface area contributed by atoms with Gasteiger partial charge in [0.15, 0.2) is 0 Å². The molecule has 2 N–H and O–H groups in total. The summed E-state index contributed by atoms with van der Waals surface area (Å²) in [7, 11) is 0. The molecule has 0 rings (SSSR count). The van der Waals surface area contributed by atoms with E-state index in [1.807, 2.05) is 0 Å². The van der Waals surface area contributed by atoms with E-state index in [0.717, 1.165) is 13.8 Å². The summed E-state index contributed by atoms with van der Waals surface area (Å²) in [6.07, 6.45) is -3.86. The highest BCUT2D eigenvalue weighted by Crippen LogP contribution is 1.99. The molecule has 2 unspecified atom stereocenters. The standard InChI is InChI=1S/C10H14O8/c1-5(11)9(15)17-7(13)3-4-8(14)18-10(16)6(2)12/h5-6,11-12H,3-4H2,1-2H3. The normalized spacial score (nSPS) is 13.3. The molecule has 102 valence electrons. The van der Waals surface area contributed by atoms with Crippen LogP contribution in [0, 0.1) is 0 Å². The number of aliphatic hydroxyl groups is 2. The van der Waals surface area contributed by atoms with Crippen molar-refractivity contribution in [3.8, 4) is 0 Å². The van der Waals surface area contributed by atoms with Crippen LogP contribution in [0.3, 0.4) is 0 Å². The summed E-state index contributed by atoms with van der Waals surface area (Å²) in [5, 5.41) is 17.5. The first-order valence-corrected chi connectivity index (χ1v) is 5.09. The third kappa shape index (κ3) is 6.71.